The van der Waals surface area contributed by atoms with Crippen LogP contribution in [0.2, 0.25) is 0 Å². The summed E-state index contributed by atoms with van der Waals surface area (Å²) in [5.41, 5.74) is 2.63. The van der Waals surface area contributed by atoms with E-state index in [0.29, 0.717) is 17.0 Å². The summed E-state index contributed by atoms with van der Waals surface area (Å²) >= 11 is 3.36. The fourth-order valence-electron chi connectivity index (χ4n) is 2.60. The SMILES string of the molecule is Cc1cc(Br)ccc1NC(=O)CNC(=O)C1CC(c2cccc(F)c2)=NO1. The monoisotopic (exact) mass is 433 g/mol. The van der Waals surface area contributed by atoms with Gasteiger partial charge in [0, 0.05) is 22.1 Å². The van der Waals surface area contributed by atoms with E-state index in [4.69, 9.17) is 4.84 Å². The zero-order valence-electron chi connectivity index (χ0n) is 14.5. The molecule has 1 unspecified atom stereocenters. The molecule has 1 aliphatic rings. The van der Waals surface area contributed by atoms with Crippen molar-refractivity contribution >= 4 is 39.1 Å². The maximum atomic E-state index is 13.3. The van der Waals surface area contributed by atoms with Crippen LogP contribution in [0.4, 0.5) is 10.1 Å². The van der Waals surface area contributed by atoms with Crippen molar-refractivity contribution in [3.8, 4) is 0 Å². The number of amides is 2. The molecule has 1 heterocycles. The van der Waals surface area contributed by atoms with Gasteiger partial charge in [0.05, 0.1) is 12.3 Å². The van der Waals surface area contributed by atoms with Crippen LogP contribution in [0.5, 0.6) is 0 Å². The molecular formula is C19H17BrFN3O3. The Bertz CT molecular complexity index is 917. The quantitative estimate of drug-likeness (QED) is 0.759. The van der Waals surface area contributed by atoms with E-state index < -0.39 is 12.0 Å². The van der Waals surface area contributed by atoms with E-state index in [-0.39, 0.29) is 24.7 Å². The Kier molecular flexibility index (Phi) is 5.85. The van der Waals surface area contributed by atoms with Crippen LogP contribution in [-0.2, 0) is 14.4 Å². The summed E-state index contributed by atoms with van der Waals surface area (Å²) in [5.74, 6) is -1.19. The Balaban J connectivity index is 1.49. The molecule has 8 heteroatoms. The van der Waals surface area contributed by atoms with E-state index >= 15 is 0 Å². The molecular weight excluding hydrogens is 417 g/mol. The van der Waals surface area contributed by atoms with Gasteiger partial charge in [0.1, 0.15) is 5.82 Å². The lowest BCUT2D eigenvalue weighted by Gasteiger charge is -2.11. The molecule has 0 aliphatic carbocycles. The van der Waals surface area contributed by atoms with Crippen LogP contribution in [0.15, 0.2) is 52.1 Å². The van der Waals surface area contributed by atoms with Crippen molar-refractivity contribution in [2.75, 3.05) is 11.9 Å². The van der Waals surface area contributed by atoms with Gasteiger partial charge in [-0.2, -0.15) is 0 Å². The van der Waals surface area contributed by atoms with Gasteiger partial charge < -0.3 is 15.5 Å². The van der Waals surface area contributed by atoms with Gasteiger partial charge in [0.25, 0.3) is 5.91 Å². The molecule has 0 saturated carbocycles. The highest BCUT2D eigenvalue weighted by Gasteiger charge is 2.29. The Hall–Kier alpha value is -2.74. The first kappa shape index (κ1) is 19.0. The molecule has 2 amide bonds. The van der Waals surface area contributed by atoms with Gasteiger partial charge in [0.2, 0.25) is 12.0 Å². The average Bonchev–Trinajstić information content (AvgIpc) is 3.12. The first-order valence-electron chi connectivity index (χ1n) is 8.25. The summed E-state index contributed by atoms with van der Waals surface area (Å²) in [7, 11) is 0. The summed E-state index contributed by atoms with van der Waals surface area (Å²) < 4.78 is 14.2. The number of rotatable bonds is 5. The number of benzene rings is 2. The fourth-order valence-corrected chi connectivity index (χ4v) is 3.07. The van der Waals surface area contributed by atoms with Gasteiger partial charge >= 0.3 is 0 Å². The normalized spacial score (nSPS) is 15.7. The van der Waals surface area contributed by atoms with Crippen molar-refractivity contribution in [3.63, 3.8) is 0 Å². The summed E-state index contributed by atoms with van der Waals surface area (Å²) in [4.78, 5) is 29.4. The smallest absolute Gasteiger partial charge is 0.264 e. The number of aryl methyl sites for hydroxylation is 1. The van der Waals surface area contributed by atoms with Crippen LogP contribution in [0, 0.1) is 12.7 Å². The number of hydrogen-bond donors (Lipinski definition) is 2. The summed E-state index contributed by atoms with van der Waals surface area (Å²) in [6.07, 6.45) is -0.631. The predicted octanol–water partition coefficient (Wildman–Crippen LogP) is 3.14. The highest BCUT2D eigenvalue weighted by Crippen LogP contribution is 2.20. The summed E-state index contributed by atoms with van der Waals surface area (Å²) in [6, 6.07) is 11.4. The Morgan fingerprint density at radius 2 is 2.11 bits per heavy atom. The number of anilines is 1. The van der Waals surface area contributed by atoms with Crippen LogP contribution >= 0.6 is 15.9 Å². The second kappa shape index (κ2) is 8.30. The van der Waals surface area contributed by atoms with E-state index in [9.17, 15) is 14.0 Å². The van der Waals surface area contributed by atoms with Gasteiger partial charge in [-0.3, -0.25) is 9.59 Å². The van der Waals surface area contributed by atoms with E-state index in [1.54, 1.807) is 18.2 Å². The number of carbonyl (C=O) groups is 2. The third-order valence-electron chi connectivity index (χ3n) is 4.00. The predicted molar refractivity (Wildman–Crippen MR) is 103 cm³/mol. The molecule has 1 atom stereocenters. The third kappa shape index (κ3) is 4.91. The first-order valence-corrected chi connectivity index (χ1v) is 9.04. The summed E-state index contributed by atoms with van der Waals surface area (Å²) in [6.45, 7) is 1.68. The number of oxime groups is 1. The molecule has 2 N–H and O–H groups in total. The van der Waals surface area contributed by atoms with Crippen molar-refractivity contribution < 1.29 is 18.8 Å². The minimum Gasteiger partial charge on any atom is -0.382 e. The van der Waals surface area contributed by atoms with Crippen LogP contribution in [0.3, 0.4) is 0 Å². The molecule has 0 radical (unpaired) electrons. The average molecular weight is 434 g/mol. The van der Waals surface area contributed by atoms with E-state index in [2.05, 4.69) is 31.7 Å². The largest absolute Gasteiger partial charge is 0.382 e. The van der Waals surface area contributed by atoms with Crippen LogP contribution < -0.4 is 10.6 Å². The highest BCUT2D eigenvalue weighted by molar-refractivity contribution is 9.10. The highest BCUT2D eigenvalue weighted by atomic mass is 79.9. The maximum absolute atomic E-state index is 13.3. The molecule has 2 aromatic carbocycles. The molecule has 3 rings (SSSR count). The number of hydrogen-bond acceptors (Lipinski definition) is 4. The topological polar surface area (TPSA) is 79.8 Å². The van der Waals surface area contributed by atoms with Gasteiger partial charge in [-0.1, -0.05) is 33.2 Å². The number of halogens is 2. The standard InChI is InChI=1S/C19H17BrFN3O3/c1-11-7-13(20)5-6-15(11)23-18(25)10-22-19(26)17-9-16(24-27-17)12-3-2-4-14(21)8-12/h2-8,17H,9-10H2,1H3,(H,22,26)(H,23,25). The molecule has 27 heavy (non-hydrogen) atoms. The minimum atomic E-state index is -0.842. The number of nitrogens with zero attached hydrogens (tertiary/aromatic N) is 1. The van der Waals surface area contributed by atoms with E-state index in [0.717, 1.165) is 10.0 Å². The van der Waals surface area contributed by atoms with Crippen LogP contribution in [0.25, 0.3) is 0 Å². The number of nitrogens with one attached hydrogen (secondary N) is 2. The van der Waals surface area contributed by atoms with Gasteiger partial charge in [-0.15, -0.1) is 0 Å². The van der Waals surface area contributed by atoms with Gasteiger partial charge in [-0.25, -0.2) is 4.39 Å². The van der Waals surface area contributed by atoms with Crippen molar-refractivity contribution in [2.45, 2.75) is 19.4 Å². The van der Waals surface area contributed by atoms with E-state index in [1.807, 2.05) is 19.1 Å². The minimum absolute atomic E-state index is 0.191. The molecule has 140 valence electrons. The fraction of sp³-hybridized carbons (Fsp3) is 0.211. The Morgan fingerprint density at radius 3 is 2.85 bits per heavy atom. The van der Waals surface area contributed by atoms with Gasteiger partial charge in [0.15, 0.2) is 0 Å². The Morgan fingerprint density at radius 1 is 1.30 bits per heavy atom. The molecule has 0 bridgehead atoms. The molecule has 0 aromatic heterocycles. The molecule has 6 nitrogen and oxygen atoms in total. The third-order valence-corrected chi connectivity index (χ3v) is 4.50. The lowest BCUT2D eigenvalue weighted by Crippen LogP contribution is -2.39. The van der Waals surface area contributed by atoms with Crippen molar-refractivity contribution in [2.24, 2.45) is 5.16 Å². The van der Waals surface area contributed by atoms with Crippen LogP contribution in [-0.4, -0.2) is 30.2 Å². The van der Waals surface area contributed by atoms with E-state index in [1.165, 1.54) is 12.1 Å². The lowest BCUT2D eigenvalue weighted by molar-refractivity contribution is -0.132. The lowest BCUT2D eigenvalue weighted by atomic mass is 10.0. The summed E-state index contributed by atoms with van der Waals surface area (Å²) in [5, 5.41) is 9.11. The zero-order valence-corrected chi connectivity index (χ0v) is 16.0. The van der Waals surface area contributed by atoms with Crippen LogP contribution in [0.1, 0.15) is 17.5 Å². The second-order valence-electron chi connectivity index (χ2n) is 6.07. The molecule has 1 aliphatic heterocycles. The Labute approximate surface area is 163 Å². The molecule has 0 spiro atoms. The first-order chi connectivity index (χ1) is 12.9. The molecule has 0 saturated heterocycles. The van der Waals surface area contributed by atoms with Crippen molar-refractivity contribution in [1.29, 1.82) is 0 Å². The van der Waals surface area contributed by atoms with Crippen molar-refractivity contribution in [3.05, 3.63) is 63.9 Å². The molecule has 2 aromatic rings. The maximum Gasteiger partial charge on any atom is 0.264 e. The number of carbonyl (C=O) groups excluding carboxylic acids is 2. The van der Waals surface area contributed by atoms with Gasteiger partial charge in [-0.05, 0) is 42.8 Å². The van der Waals surface area contributed by atoms with Crippen molar-refractivity contribution in [1.82, 2.24) is 5.32 Å². The molecule has 0 fully saturated rings. The second-order valence-corrected chi connectivity index (χ2v) is 6.99. The zero-order chi connectivity index (χ0) is 19.4.